The fourth-order valence-corrected chi connectivity index (χ4v) is 2.15. The van der Waals surface area contributed by atoms with E-state index in [1.807, 2.05) is 38.1 Å². The summed E-state index contributed by atoms with van der Waals surface area (Å²) in [7, 11) is 1.62. The Kier molecular flexibility index (Phi) is 4.03. The predicted octanol–water partition coefficient (Wildman–Crippen LogP) is 3.33. The van der Waals surface area contributed by atoms with Crippen molar-refractivity contribution in [2.45, 2.75) is 20.3 Å². The van der Waals surface area contributed by atoms with E-state index >= 15 is 0 Å². The van der Waals surface area contributed by atoms with Crippen LogP contribution < -0.4 is 4.74 Å². The number of carboxylic acids is 1. The maximum atomic E-state index is 11.2. The lowest BCUT2D eigenvalue weighted by atomic mass is 10.0. The van der Waals surface area contributed by atoms with Crippen LogP contribution in [-0.4, -0.2) is 23.2 Å². The molecule has 0 unspecified atom stereocenters. The molecule has 0 radical (unpaired) electrons. The Morgan fingerprint density at radius 1 is 1.30 bits per heavy atom. The zero-order valence-corrected chi connectivity index (χ0v) is 11.8. The summed E-state index contributed by atoms with van der Waals surface area (Å²) in [5, 5.41) is 9.19. The van der Waals surface area contributed by atoms with Gasteiger partial charge in [-0.25, -0.2) is 4.79 Å². The second-order valence-electron chi connectivity index (χ2n) is 4.54. The fourth-order valence-electron chi connectivity index (χ4n) is 2.15. The van der Waals surface area contributed by atoms with Gasteiger partial charge in [0.2, 0.25) is 0 Å². The number of benzene rings is 1. The summed E-state index contributed by atoms with van der Waals surface area (Å²) in [5.74, 6) is -0.150. The highest BCUT2D eigenvalue weighted by Crippen LogP contribution is 2.25. The van der Waals surface area contributed by atoms with E-state index in [9.17, 15) is 9.90 Å². The molecule has 0 saturated carbocycles. The number of aromatic carboxylic acids is 1. The van der Waals surface area contributed by atoms with Crippen LogP contribution in [-0.2, 0) is 6.42 Å². The smallest absolute Gasteiger partial charge is 0.337 e. The summed E-state index contributed by atoms with van der Waals surface area (Å²) in [6.07, 6.45) is 0.588. The lowest BCUT2D eigenvalue weighted by molar-refractivity contribution is 0.0695. The summed E-state index contributed by atoms with van der Waals surface area (Å²) < 4.78 is 5.13. The van der Waals surface area contributed by atoms with Gasteiger partial charge in [-0.3, -0.25) is 4.98 Å². The average molecular weight is 271 g/mol. The quantitative estimate of drug-likeness (QED) is 0.926. The van der Waals surface area contributed by atoms with Crippen molar-refractivity contribution in [1.82, 2.24) is 4.98 Å². The van der Waals surface area contributed by atoms with Crippen molar-refractivity contribution in [3.8, 4) is 17.0 Å². The second kappa shape index (κ2) is 5.74. The van der Waals surface area contributed by atoms with Gasteiger partial charge in [-0.1, -0.05) is 6.92 Å². The van der Waals surface area contributed by atoms with Crippen molar-refractivity contribution >= 4 is 5.97 Å². The van der Waals surface area contributed by atoms with Gasteiger partial charge in [0.15, 0.2) is 0 Å². The van der Waals surface area contributed by atoms with Gasteiger partial charge in [-0.15, -0.1) is 0 Å². The summed E-state index contributed by atoms with van der Waals surface area (Å²) in [5.41, 5.74) is 3.50. The number of hydrogen-bond acceptors (Lipinski definition) is 3. The van der Waals surface area contributed by atoms with Gasteiger partial charge in [0, 0.05) is 5.56 Å². The highest BCUT2D eigenvalue weighted by molar-refractivity contribution is 5.89. The Hall–Kier alpha value is -2.36. The molecule has 2 aromatic rings. The van der Waals surface area contributed by atoms with E-state index in [4.69, 9.17) is 4.74 Å². The number of carboxylic acid groups (broad SMARTS) is 1. The molecule has 2 rings (SSSR count). The van der Waals surface area contributed by atoms with Crippen molar-refractivity contribution in [3.63, 3.8) is 0 Å². The largest absolute Gasteiger partial charge is 0.497 e. The molecule has 0 bridgehead atoms. The van der Waals surface area contributed by atoms with Crippen LogP contribution in [0.25, 0.3) is 11.3 Å². The number of pyridine rings is 1. The Bertz CT molecular complexity index is 633. The molecule has 1 aromatic carbocycles. The first-order valence-corrected chi connectivity index (χ1v) is 6.45. The van der Waals surface area contributed by atoms with Crippen LogP contribution in [0.3, 0.4) is 0 Å². The number of ether oxygens (including phenoxy) is 1. The maximum Gasteiger partial charge on any atom is 0.337 e. The van der Waals surface area contributed by atoms with Gasteiger partial charge in [0.25, 0.3) is 0 Å². The Balaban J connectivity index is 2.53. The van der Waals surface area contributed by atoms with Crippen molar-refractivity contribution < 1.29 is 14.6 Å². The molecule has 4 heteroatoms. The Morgan fingerprint density at radius 3 is 2.45 bits per heavy atom. The highest BCUT2D eigenvalue weighted by Gasteiger charge is 2.14. The molecular formula is C16H17NO3. The van der Waals surface area contributed by atoms with Gasteiger partial charge < -0.3 is 9.84 Å². The highest BCUT2D eigenvalue weighted by atomic mass is 16.5. The minimum atomic E-state index is -0.932. The van der Waals surface area contributed by atoms with Crippen LogP contribution in [0, 0.1) is 6.92 Å². The van der Waals surface area contributed by atoms with Crippen LogP contribution in [0.1, 0.15) is 28.5 Å². The first-order valence-electron chi connectivity index (χ1n) is 6.45. The average Bonchev–Trinajstić information content (AvgIpc) is 2.47. The Morgan fingerprint density at radius 2 is 1.95 bits per heavy atom. The molecule has 1 N–H and O–H groups in total. The lowest BCUT2D eigenvalue weighted by Crippen LogP contribution is -2.06. The SMILES string of the molecule is CCc1nc(-c2ccc(OC)cc2)c(C)cc1C(=O)O. The molecule has 20 heavy (non-hydrogen) atoms. The minimum Gasteiger partial charge on any atom is -0.497 e. The number of carbonyl (C=O) groups is 1. The molecule has 0 aliphatic carbocycles. The molecule has 0 spiro atoms. The van der Waals surface area contributed by atoms with Gasteiger partial charge in [0.1, 0.15) is 5.75 Å². The number of hydrogen-bond donors (Lipinski definition) is 1. The monoisotopic (exact) mass is 271 g/mol. The molecule has 104 valence electrons. The third-order valence-corrected chi connectivity index (χ3v) is 3.22. The second-order valence-corrected chi connectivity index (χ2v) is 4.54. The first kappa shape index (κ1) is 14.1. The first-order chi connectivity index (χ1) is 9.56. The fraction of sp³-hybridized carbons (Fsp3) is 0.250. The summed E-state index contributed by atoms with van der Waals surface area (Å²) in [6, 6.07) is 9.27. The van der Waals surface area contributed by atoms with E-state index in [2.05, 4.69) is 4.98 Å². The third-order valence-electron chi connectivity index (χ3n) is 3.22. The molecule has 1 heterocycles. The topological polar surface area (TPSA) is 59.4 Å². The summed E-state index contributed by atoms with van der Waals surface area (Å²) >= 11 is 0. The number of nitrogens with zero attached hydrogens (tertiary/aromatic N) is 1. The predicted molar refractivity (Wildman–Crippen MR) is 77.3 cm³/mol. The van der Waals surface area contributed by atoms with Gasteiger partial charge in [-0.2, -0.15) is 0 Å². The zero-order valence-electron chi connectivity index (χ0n) is 11.8. The van der Waals surface area contributed by atoms with E-state index < -0.39 is 5.97 Å². The van der Waals surface area contributed by atoms with E-state index in [1.54, 1.807) is 13.2 Å². The van der Waals surface area contributed by atoms with Gasteiger partial charge in [0.05, 0.1) is 24.1 Å². The summed E-state index contributed by atoms with van der Waals surface area (Å²) in [4.78, 5) is 15.7. The number of rotatable bonds is 4. The molecule has 0 aliphatic rings. The number of aryl methyl sites for hydroxylation is 2. The van der Waals surface area contributed by atoms with Crippen molar-refractivity contribution in [1.29, 1.82) is 0 Å². The third kappa shape index (κ3) is 2.64. The van der Waals surface area contributed by atoms with Crippen LogP contribution in [0.5, 0.6) is 5.75 Å². The minimum absolute atomic E-state index is 0.280. The van der Waals surface area contributed by atoms with Crippen molar-refractivity contribution in [2.75, 3.05) is 7.11 Å². The van der Waals surface area contributed by atoms with Gasteiger partial charge >= 0.3 is 5.97 Å². The van der Waals surface area contributed by atoms with E-state index in [-0.39, 0.29) is 5.56 Å². The van der Waals surface area contributed by atoms with E-state index in [1.165, 1.54) is 0 Å². The van der Waals surface area contributed by atoms with Crippen LogP contribution >= 0.6 is 0 Å². The molecule has 0 fully saturated rings. The Labute approximate surface area is 118 Å². The summed E-state index contributed by atoms with van der Waals surface area (Å²) in [6.45, 7) is 3.78. The molecule has 4 nitrogen and oxygen atoms in total. The standard InChI is InChI=1S/C16H17NO3/c1-4-14-13(16(18)19)9-10(2)15(17-14)11-5-7-12(20-3)8-6-11/h5-9H,4H2,1-3H3,(H,18,19). The van der Waals surface area contributed by atoms with Crippen LogP contribution in [0.4, 0.5) is 0 Å². The van der Waals surface area contributed by atoms with E-state index in [0.717, 1.165) is 22.6 Å². The van der Waals surface area contributed by atoms with Crippen LogP contribution in [0.2, 0.25) is 0 Å². The maximum absolute atomic E-state index is 11.2. The number of aromatic nitrogens is 1. The van der Waals surface area contributed by atoms with Crippen molar-refractivity contribution in [2.24, 2.45) is 0 Å². The van der Waals surface area contributed by atoms with Gasteiger partial charge in [-0.05, 0) is 49.2 Å². The molecule has 0 amide bonds. The lowest BCUT2D eigenvalue weighted by Gasteiger charge is -2.11. The van der Waals surface area contributed by atoms with E-state index in [0.29, 0.717) is 12.1 Å². The van der Waals surface area contributed by atoms with Crippen LogP contribution in [0.15, 0.2) is 30.3 Å². The molecule has 1 aromatic heterocycles. The molecule has 0 atom stereocenters. The zero-order chi connectivity index (χ0) is 14.7. The molecule has 0 saturated heterocycles. The molecular weight excluding hydrogens is 254 g/mol. The number of methoxy groups -OCH3 is 1. The normalized spacial score (nSPS) is 10.3. The van der Waals surface area contributed by atoms with Crippen molar-refractivity contribution in [3.05, 3.63) is 47.2 Å². The molecule has 0 aliphatic heterocycles.